The van der Waals surface area contributed by atoms with Crippen molar-refractivity contribution in [1.82, 2.24) is 5.32 Å². The zero-order valence-electron chi connectivity index (χ0n) is 10.3. The summed E-state index contributed by atoms with van der Waals surface area (Å²) in [5.41, 5.74) is -0.491. The number of carbonyl (C=O) groups is 2. The Hall–Kier alpha value is -1.06. The van der Waals surface area contributed by atoms with Gasteiger partial charge in [-0.2, -0.15) is 0 Å². The fourth-order valence-corrected chi connectivity index (χ4v) is 1.77. The summed E-state index contributed by atoms with van der Waals surface area (Å²) in [4.78, 5) is 22.1. The van der Waals surface area contributed by atoms with Crippen molar-refractivity contribution < 1.29 is 14.3 Å². The van der Waals surface area contributed by atoms with Crippen molar-refractivity contribution in [2.24, 2.45) is 5.92 Å². The minimum atomic E-state index is -0.491. The van der Waals surface area contributed by atoms with Crippen LogP contribution in [0.2, 0.25) is 0 Å². The Kier molecular flexibility index (Phi) is 4.33. The highest BCUT2D eigenvalue weighted by atomic mass is 16.6. The standard InChI is InChI=1S/C12H21NO3/c1-12(2,3)16-11(15)13-10(7-8-14)9-5-4-6-9/h8-10H,4-7H2,1-3H3,(H,13,15). The van der Waals surface area contributed by atoms with Crippen molar-refractivity contribution in [3.8, 4) is 0 Å². The minimum absolute atomic E-state index is 0.0545. The van der Waals surface area contributed by atoms with E-state index in [0.717, 1.165) is 19.1 Å². The number of carbonyl (C=O) groups excluding carboxylic acids is 2. The number of hydrogen-bond donors (Lipinski definition) is 1. The van der Waals surface area contributed by atoms with Crippen molar-refractivity contribution in [2.75, 3.05) is 0 Å². The van der Waals surface area contributed by atoms with E-state index in [-0.39, 0.29) is 6.04 Å². The second-order valence-electron chi connectivity index (χ2n) is 5.35. The molecule has 0 radical (unpaired) electrons. The molecule has 0 aromatic rings. The summed E-state index contributed by atoms with van der Waals surface area (Å²) in [6.45, 7) is 5.47. The molecule has 0 spiro atoms. The second kappa shape index (κ2) is 5.32. The Bertz CT molecular complexity index is 253. The van der Waals surface area contributed by atoms with E-state index in [1.807, 2.05) is 20.8 Å². The Morgan fingerprint density at radius 1 is 1.50 bits per heavy atom. The van der Waals surface area contributed by atoms with Gasteiger partial charge in [0.15, 0.2) is 0 Å². The van der Waals surface area contributed by atoms with Gasteiger partial charge in [-0.1, -0.05) is 6.42 Å². The third kappa shape index (κ3) is 4.21. The molecule has 0 saturated heterocycles. The van der Waals surface area contributed by atoms with Crippen molar-refractivity contribution in [2.45, 2.75) is 58.1 Å². The molecule has 1 aliphatic rings. The zero-order valence-corrected chi connectivity index (χ0v) is 10.3. The second-order valence-corrected chi connectivity index (χ2v) is 5.35. The normalized spacial score (nSPS) is 18.4. The quantitative estimate of drug-likeness (QED) is 0.749. The molecule has 0 bridgehead atoms. The first kappa shape index (κ1) is 13.0. The molecule has 1 amide bonds. The van der Waals surface area contributed by atoms with Crippen LogP contribution >= 0.6 is 0 Å². The largest absolute Gasteiger partial charge is 0.444 e. The molecular formula is C12H21NO3. The first-order valence-corrected chi connectivity index (χ1v) is 5.85. The summed E-state index contributed by atoms with van der Waals surface area (Å²) in [6.07, 6.45) is 4.19. The summed E-state index contributed by atoms with van der Waals surface area (Å²) >= 11 is 0. The fraction of sp³-hybridized carbons (Fsp3) is 0.833. The molecule has 0 aromatic carbocycles. The lowest BCUT2D eigenvalue weighted by Gasteiger charge is -2.33. The highest BCUT2D eigenvalue weighted by Crippen LogP contribution is 2.30. The van der Waals surface area contributed by atoms with Gasteiger partial charge in [-0.3, -0.25) is 0 Å². The van der Waals surface area contributed by atoms with Gasteiger partial charge in [-0.05, 0) is 39.5 Å². The number of alkyl carbamates (subject to hydrolysis) is 1. The summed E-state index contributed by atoms with van der Waals surface area (Å²) in [5, 5.41) is 2.78. The van der Waals surface area contributed by atoms with Crippen molar-refractivity contribution in [1.29, 1.82) is 0 Å². The van der Waals surface area contributed by atoms with Gasteiger partial charge in [0.1, 0.15) is 11.9 Å². The topological polar surface area (TPSA) is 55.4 Å². The van der Waals surface area contributed by atoms with E-state index >= 15 is 0 Å². The molecule has 1 rings (SSSR count). The van der Waals surface area contributed by atoms with Gasteiger partial charge in [0.25, 0.3) is 0 Å². The van der Waals surface area contributed by atoms with Gasteiger partial charge in [-0.15, -0.1) is 0 Å². The average Bonchev–Trinajstić information content (AvgIpc) is 1.96. The number of amides is 1. The number of nitrogens with one attached hydrogen (secondary N) is 1. The van der Waals surface area contributed by atoms with Crippen LogP contribution in [0.4, 0.5) is 4.79 Å². The van der Waals surface area contributed by atoms with Crippen molar-refractivity contribution >= 4 is 12.4 Å². The summed E-state index contributed by atoms with van der Waals surface area (Å²) in [5.74, 6) is 0.442. The van der Waals surface area contributed by atoms with Crippen LogP contribution < -0.4 is 5.32 Å². The third-order valence-corrected chi connectivity index (χ3v) is 2.77. The maximum Gasteiger partial charge on any atom is 0.407 e. The highest BCUT2D eigenvalue weighted by molar-refractivity contribution is 5.68. The molecular weight excluding hydrogens is 206 g/mol. The van der Waals surface area contributed by atoms with Crippen LogP contribution in [0.3, 0.4) is 0 Å². The fourth-order valence-electron chi connectivity index (χ4n) is 1.77. The van der Waals surface area contributed by atoms with Crippen LogP contribution in [0.1, 0.15) is 46.5 Å². The van der Waals surface area contributed by atoms with Gasteiger partial charge in [0.05, 0.1) is 0 Å². The van der Waals surface area contributed by atoms with Crippen LogP contribution in [0.5, 0.6) is 0 Å². The van der Waals surface area contributed by atoms with E-state index in [4.69, 9.17) is 4.74 Å². The number of rotatable bonds is 4. The maximum atomic E-state index is 11.5. The minimum Gasteiger partial charge on any atom is -0.444 e. The molecule has 1 atom stereocenters. The number of hydrogen-bond acceptors (Lipinski definition) is 3. The predicted octanol–water partition coefficient (Wildman–Crippen LogP) is 2.27. The van der Waals surface area contributed by atoms with Crippen molar-refractivity contribution in [3.05, 3.63) is 0 Å². The molecule has 4 heteroatoms. The predicted molar refractivity (Wildman–Crippen MR) is 61.2 cm³/mol. The smallest absolute Gasteiger partial charge is 0.407 e. The monoisotopic (exact) mass is 227 g/mol. The lowest BCUT2D eigenvalue weighted by Crippen LogP contribution is -2.45. The molecule has 0 aliphatic heterocycles. The van der Waals surface area contributed by atoms with Crippen LogP contribution in [-0.2, 0) is 9.53 Å². The van der Waals surface area contributed by atoms with Gasteiger partial charge in [-0.25, -0.2) is 4.79 Å². The van der Waals surface area contributed by atoms with E-state index in [1.165, 1.54) is 6.42 Å². The molecule has 1 N–H and O–H groups in total. The molecule has 16 heavy (non-hydrogen) atoms. The molecule has 0 heterocycles. The van der Waals surface area contributed by atoms with Crippen LogP contribution in [0, 0.1) is 5.92 Å². The Morgan fingerprint density at radius 2 is 2.12 bits per heavy atom. The van der Waals surface area contributed by atoms with Gasteiger partial charge in [0.2, 0.25) is 0 Å². The molecule has 1 unspecified atom stereocenters. The Balaban J connectivity index is 2.41. The average molecular weight is 227 g/mol. The Morgan fingerprint density at radius 3 is 2.50 bits per heavy atom. The van der Waals surface area contributed by atoms with E-state index < -0.39 is 11.7 Å². The summed E-state index contributed by atoms with van der Waals surface area (Å²) < 4.78 is 5.17. The Labute approximate surface area is 96.7 Å². The first-order valence-electron chi connectivity index (χ1n) is 5.85. The molecule has 4 nitrogen and oxygen atoms in total. The highest BCUT2D eigenvalue weighted by Gasteiger charge is 2.29. The van der Waals surface area contributed by atoms with E-state index in [2.05, 4.69) is 5.32 Å². The lowest BCUT2D eigenvalue weighted by atomic mass is 9.79. The van der Waals surface area contributed by atoms with Crippen LogP contribution in [0.15, 0.2) is 0 Å². The van der Waals surface area contributed by atoms with Gasteiger partial charge in [0, 0.05) is 12.5 Å². The maximum absolute atomic E-state index is 11.5. The summed E-state index contributed by atoms with van der Waals surface area (Å²) in [7, 11) is 0. The molecule has 1 fully saturated rings. The van der Waals surface area contributed by atoms with Crippen molar-refractivity contribution in [3.63, 3.8) is 0 Å². The van der Waals surface area contributed by atoms with Gasteiger partial charge >= 0.3 is 6.09 Å². The first-order chi connectivity index (χ1) is 7.42. The van der Waals surface area contributed by atoms with E-state index in [1.54, 1.807) is 0 Å². The zero-order chi connectivity index (χ0) is 12.2. The van der Waals surface area contributed by atoms with Crippen LogP contribution in [-0.4, -0.2) is 24.0 Å². The SMILES string of the molecule is CC(C)(C)OC(=O)NC(CC=O)C1CCC1. The van der Waals surface area contributed by atoms with Crippen LogP contribution in [0.25, 0.3) is 0 Å². The number of ether oxygens (including phenoxy) is 1. The third-order valence-electron chi connectivity index (χ3n) is 2.77. The van der Waals surface area contributed by atoms with E-state index in [0.29, 0.717) is 12.3 Å². The molecule has 0 aromatic heterocycles. The van der Waals surface area contributed by atoms with Gasteiger partial charge < -0.3 is 14.8 Å². The molecule has 1 aliphatic carbocycles. The summed E-state index contributed by atoms with van der Waals surface area (Å²) in [6, 6.07) is -0.0545. The number of aldehydes is 1. The lowest BCUT2D eigenvalue weighted by molar-refractivity contribution is -0.108. The molecule has 92 valence electrons. The molecule has 1 saturated carbocycles. The van der Waals surface area contributed by atoms with E-state index in [9.17, 15) is 9.59 Å².